The van der Waals surface area contributed by atoms with E-state index in [-0.39, 0.29) is 5.91 Å². The number of nitrogens with zero attached hydrogens (tertiary/aromatic N) is 1. The molecule has 1 atom stereocenters. The molecule has 0 heterocycles. The maximum absolute atomic E-state index is 13.5. The molecular formula is C22H25FN2O2. The Morgan fingerprint density at radius 1 is 1.07 bits per heavy atom. The van der Waals surface area contributed by atoms with Crippen molar-refractivity contribution in [3.05, 3.63) is 71.0 Å². The highest BCUT2D eigenvalue weighted by atomic mass is 19.1. The fourth-order valence-electron chi connectivity index (χ4n) is 3.91. The van der Waals surface area contributed by atoms with Gasteiger partial charge in [-0.25, -0.2) is 4.39 Å². The second-order valence-corrected chi connectivity index (χ2v) is 7.23. The Kier molecular flexibility index (Phi) is 5.89. The summed E-state index contributed by atoms with van der Waals surface area (Å²) in [6, 6.07) is 12.2. The van der Waals surface area contributed by atoms with Gasteiger partial charge in [-0.1, -0.05) is 43.5 Å². The van der Waals surface area contributed by atoms with Gasteiger partial charge in [0, 0.05) is 12.6 Å². The first-order valence-corrected chi connectivity index (χ1v) is 9.39. The van der Waals surface area contributed by atoms with Gasteiger partial charge >= 0.3 is 0 Å². The summed E-state index contributed by atoms with van der Waals surface area (Å²) in [7, 11) is 1.51. The topological polar surface area (TPSA) is 63.4 Å². The predicted molar refractivity (Wildman–Crippen MR) is 103 cm³/mol. The average Bonchev–Trinajstić information content (AvgIpc) is 2.68. The molecule has 2 N–H and O–H groups in total. The van der Waals surface area contributed by atoms with Crippen LogP contribution in [0.3, 0.4) is 0 Å². The highest BCUT2D eigenvalue weighted by Gasteiger charge is 2.28. The Morgan fingerprint density at radius 2 is 1.74 bits per heavy atom. The maximum atomic E-state index is 13.5. The van der Waals surface area contributed by atoms with Crippen LogP contribution in [0.1, 0.15) is 65.5 Å². The summed E-state index contributed by atoms with van der Waals surface area (Å²) in [6.45, 7) is 0. The number of amides is 2. The van der Waals surface area contributed by atoms with Crippen molar-refractivity contribution < 1.29 is 14.0 Å². The Balaban J connectivity index is 1.79. The van der Waals surface area contributed by atoms with Gasteiger partial charge in [0.1, 0.15) is 11.9 Å². The Bertz CT molecular complexity index is 813. The van der Waals surface area contributed by atoms with Gasteiger partial charge in [-0.15, -0.1) is 0 Å². The highest BCUT2D eigenvalue weighted by Crippen LogP contribution is 2.32. The Morgan fingerprint density at radius 3 is 2.33 bits per heavy atom. The normalized spacial score (nSPS) is 15.9. The largest absolute Gasteiger partial charge is 0.368 e. The SMILES string of the molecule is CN(C(=O)c1ccc(C2CCCCC2)cc1)C(C(N)=O)c1cccc(F)c1. The summed E-state index contributed by atoms with van der Waals surface area (Å²) in [4.78, 5) is 26.1. The van der Waals surface area contributed by atoms with Crippen LogP contribution in [0, 0.1) is 5.82 Å². The van der Waals surface area contributed by atoms with E-state index < -0.39 is 17.8 Å². The van der Waals surface area contributed by atoms with E-state index in [1.54, 1.807) is 18.2 Å². The lowest BCUT2D eigenvalue weighted by atomic mass is 9.84. The zero-order valence-electron chi connectivity index (χ0n) is 15.5. The summed E-state index contributed by atoms with van der Waals surface area (Å²) in [5.41, 5.74) is 7.60. The van der Waals surface area contributed by atoms with Gasteiger partial charge in [0.05, 0.1) is 0 Å². The summed E-state index contributed by atoms with van der Waals surface area (Å²) in [5, 5.41) is 0. The average molecular weight is 368 g/mol. The lowest BCUT2D eigenvalue weighted by molar-refractivity contribution is -0.122. The maximum Gasteiger partial charge on any atom is 0.254 e. The number of rotatable bonds is 5. The standard InChI is InChI=1S/C22H25FN2O2/c1-25(20(21(24)26)18-8-5-9-19(23)14-18)22(27)17-12-10-16(11-13-17)15-6-3-2-4-7-15/h5,8-15,20H,2-4,6-7H2,1H3,(H2,24,26). The summed E-state index contributed by atoms with van der Waals surface area (Å²) in [5.74, 6) is -0.934. The van der Waals surface area contributed by atoms with Gasteiger partial charge in [-0.05, 0) is 54.2 Å². The van der Waals surface area contributed by atoms with E-state index in [9.17, 15) is 14.0 Å². The molecule has 2 aromatic rings. The third-order valence-corrected chi connectivity index (χ3v) is 5.38. The number of primary amides is 1. The van der Waals surface area contributed by atoms with Crippen molar-refractivity contribution in [2.24, 2.45) is 5.73 Å². The molecule has 0 aliphatic heterocycles. The van der Waals surface area contributed by atoms with Crippen LogP contribution >= 0.6 is 0 Å². The second-order valence-electron chi connectivity index (χ2n) is 7.23. The minimum Gasteiger partial charge on any atom is -0.368 e. The predicted octanol–water partition coefficient (Wildman–Crippen LogP) is 4.17. The molecule has 0 saturated heterocycles. The first-order valence-electron chi connectivity index (χ1n) is 9.39. The molecule has 3 rings (SSSR count). The zero-order chi connectivity index (χ0) is 19.4. The van der Waals surface area contributed by atoms with Crippen molar-refractivity contribution in [3.8, 4) is 0 Å². The van der Waals surface area contributed by atoms with E-state index in [1.165, 1.54) is 67.8 Å². The first-order chi connectivity index (χ1) is 13.0. The highest BCUT2D eigenvalue weighted by molar-refractivity contribution is 5.97. The zero-order valence-corrected chi connectivity index (χ0v) is 15.5. The van der Waals surface area contributed by atoms with E-state index in [2.05, 4.69) is 0 Å². The minimum absolute atomic E-state index is 0.321. The van der Waals surface area contributed by atoms with Crippen LogP contribution < -0.4 is 5.73 Å². The van der Waals surface area contributed by atoms with Gasteiger partial charge in [-0.3, -0.25) is 9.59 Å². The molecule has 1 saturated carbocycles. The molecule has 2 amide bonds. The third-order valence-electron chi connectivity index (χ3n) is 5.38. The van der Waals surface area contributed by atoms with Gasteiger partial charge in [0.25, 0.3) is 5.91 Å². The fourth-order valence-corrected chi connectivity index (χ4v) is 3.91. The number of hydrogen-bond acceptors (Lipinski definition) is 2. The van der Waals surface area contributed by atoms with E-state index in [4.69, 9.17) is 5.73 Å². The van der Waals surface area contributed by atoms with Gasteiger partial charge in [-0.2, -0.15) is 0 Å². The van der Waals surface area contributed by atoms with Crippen LogP contribution in [0.15, 0.2) is 48.5 Å². The first kappa shape index (κ1) is 19.1. The molecule has 0 aromatic heterocycles. The molecule has 142 valence electrons. The minimum atomic E-state index is -1.02. The molecular weight excluding hydrogens is 343 g/mol. The number of nitrogens with two attached hydrogens (primary N) is 1. The monoisotopic (exact) mass is 368 g/mol. The van der Waals surface area contributed by atoms with Crippen LogP contribution in [-0.2, 0) is 4.79 Å². The van der Waals surface area contributed by atoms with Crippen LogP contribution in [0.25, 0.3) is 0 Å². The molecule has 0 bridgehead atoms. The van der Waals surface area contributed by atoms with E-state index in [0.717, 1.165) is 0 Å². The van der Waals surface area contributed by atoms with Crippen molar-refractivity contribution in [3.63, 3.8) is 0 Å². The molecule has 1 aliphatic carbocycles. The van der Waals surface area contributed by atoms with Crippen molar-refractivity contribution >= 4 is 11.8 Å². The van der Waals surface area contributed by atoms with E-state index >= 15 is 0 Å². The number of carbonyl (C=O) groups is 2. The number of likely N-dealkylation sites (N-methyl/N-ethyl adjacent to an activating group) is 1. The van der Waals surface area contributed by atoms with Gasteiger partial charge in [0.15, 0.2) is 0 Å². The Hall–Kier alpha value is -2.69. The third kappa shape index (κ3) is 4.35. The molecule has 4 nitrogen and oxygen atoms in total. The van der Waals surface area contributed by atoms with Crippen LogP contribution in [0.4, 0.5) is 4.39 Å². The molecule has 2 aromatic carbocycles. The molecule has 0 spiro atoms. The van der Waals surface area contributed by atoms with Crippen LogP contribution in [0.5, 0.6) is 0 Å². The van der Waals surface area contributed by atoms with Crippen molar-refractivity contribution in [2.75, 3.05) is 7.05 Å². The van der Waals surface area contributed by atoms with Gasteiger partial charge < -0.3 is 10.6 Å². The fraction of sp³-hybridized carbons (Fsp3) is 0.364. The molecule has 27 heavy (non-hydrogen) atoms. The second kappa shape index (κ2) is 8.33. The van der Waals surface area contributed by atoms with Crippen LogP contribution in [-0.4, -0.2) is 23.8 Å². The summed E-state index contributed by atoms with van der Waals surface area (Å²) < 4.78 is 13.5. The molecule has 0 radical (unpaired) electrons. The van der Waals surface area contributed by atoms with Crippen molar-refractivity contribution in [2.45, 2.75) is 44.1 Å². The molecule has 1 fully saturated rings. The number of hydrogen-bond donors (Lipinski definition) is 1. The van der Waals surface area contributed by atoms with Crippen LogP contribution in [0.2, 0.25) is 0 Å². The number of halogens is 1. The Labute approximate surface area is 159 Å². The smallest absolute Gasteiger partial charge is 0.254 e. The quantitative estimate of drug-likeness (QED) is 0.861. The summed E-state index contributed by atoms with van der Waals surface area (Å²) >= 11 is 0. The van der Waals surface area contributed by atoms with E-state index in [1.807, 2.05) is 12.1 Å². The molecule has 5 heteroatoms. The molecule has 1 unspecified atom stereocenters. The summed E-state index contributed by atoms with van der Waals surface area (Å²) in [6.07, 6.45) is 6.18. The number of carbonyl (C=O) groups excluding carboxylic acids is 2. The lowest BCUT2D eigenvalue weighted by Crippen LogP contribution is -2.39. The van der Waals surface area contributed by atoms with Gasteiger partial charge in [0.2, 0.25) is 5.91 Å². The van der Waals surface area contributed by atoms with Crippen molar-refractivity contribution in [1.82, 2.24) is 4.90 Å². The lowest BCUT2D eigenvalue weighted by Gasteiger charge is -2.26. The van der Waals surface area contributed by atoms with E-state index in [0.29, 0.717) is 17.0 Å². The number of benzene rings is 2. The molecule has 1 aliphatic rings. The van der Waals surface area contributed by atoms with Crippen molar-refractivity contribution in [1.29, 1.82) is 0 Å².